The van der Waals surface area contributed by atoms with Crippen LogP contribution in [0.1, 0.15) is 26.2 Å². The fourth-order valence-electron chi connectivity index (χ4n) is 0.337. The van der Waals surface area contributed by atoms with E-state index in [-0.39, 0.29) is 22.4 Å². The molecule has 0 saturated carbocycles. The smallest absolute Gasteiger partial charge is 0.0487 e. The first-order valence-corrected chi connectivity index (χ1v) is 2.51. The van der Waals surface area contributed by atoms with Gasteiger partial charge in [0, 0.05) is 28.3 Å². The van der Waals surface area contributed by atoms with Gasteiger partial charge >= 0.3 is 0 Å². The molecular formula is C5H10NNbO-. The minimum absolute atomic E-state index is 0. The molecule has 1 amide bonds. The van der Waals surface area contributed by atoms with Crippen LogP contribution in [0, 0.1) is 0 Å². The van der Waals surface area contributed by atoms with Gasteiger partial charge in [0.2, 0.25) is 0 Å². The fourth-order valence-corrected chi connectivity index (χ4v) is 0.337. The van der Waals surface area contributed by atoms with E-state index in [0.717, 1.165) is 12.8 Å². The van der Waals surface area contributed by atoms with Gasteiger partial charge in [0.1, 0.15) is 0 Å². The summed E-state index contributed by atoms with van der Waals surface area (Å²) in [5.41, 5.74) is 6.44. The maximum absolute atomic E-state index is 9.87. The van der Waals surface area contributed by atoms with Gasteiger partial charge in [-0.05, 0) is 12.8 Å². The maximum atomic E-state index is 9.87. The van der Waals surface area contributed by atoms with Crippen molar-refractivity contribution in [3.05, 3.63) is 5.73 Å². The number of nitrogens with one attached hydrogen (secondary N) is 1. The largest absolute Gasteiger partial charge is 0.668 e. The summed E-state index contributed by atoms with van der Waals surface area (Å²) in [4.78, 5) is 9.87. The summed E-state index contributed by atoms with van der Waals surface area (Å²) in [5.74, 6) is -0.443. The Bertz CT molecular complexity index is 65.4. The Kier molecular flexibility index (Phi) is 9.97. The zero-order valence-corrected chi connectivity index (χ0v) is 7.18. The summed E-state index contributed by atoms with van der Waals surface area (Å²) in [6.45, 7) is 2.00. The van der Waals surface area contributed by atoms with E-state index in [0.29, 0.717) is 6.42 Å². The van der Waals surface area contributed by atoms with Gasteiger partial charge in [0.15, 0.2) is 0 Å². The van der Waals surface area contributed by atoms with Gasteiger partial charge in [0.25, 0.3) is 0 Å². The summed E-state index contributed by atoms with van der Waals surface area (Å²) in [6, 6.07) is 0. The van der Waals surface area contributed by atoms with E-state index in [2.05, 4.69) is 0 Å². The van der Waals surface area contributed by atoms with Crippen molar-refractivity contribution in [3.8, 4) is 0 Å². The first-order valence-electron chi connectivity index (χ1n) is 2.51. The van der Waals surface area contributed by atoms with Crippen LogP contribution in [0.15, 0.2) is 0 Å². The molecule has 1 radical (unpaired) electrons. The normalized spacial score (nSPS) is 7.62. The Morgan fingerprint density at radius 2 is 2.12 bits per heavy atom. The molecule has 1 N–H and O–H groups in total. The van der Waals surface area contributed by atoms with Crippen molar-refractivity contribution in [2.45, 2.75) is 26.2 Å². The molecule has 0 aliphatic carbocycles. The van der Waals surface area contributed by atoms with Crippen LogP contribution in [0.25, 0.3) is 5.73 Å². The first-order chi connectivity index (χ1) is 3.27. The van der Waals surface area contributed by atoms with E-state index in [4.69, 9.17) is 5.73 Å². The van der Waals surface area contributed by atoms with Gasteiger partial charge in [0.05, 0.1) is 0 Å². The van der Waals surface area contributed by atoms with Crippen molar-refractivity contribution >= 4 is 5.91 Å². The zero-order valence-electron chi connectivity index (χ0n) is 4.98. The van der Waals surface area contributed by atoms with Crippen molar-refractivity contribution in [1.29, 1.82) is 0 Å². The van der Waals surface area contributed by atoms with E-state index >= 15 is 0 Å². The summed E-state index contributed by atoms with van der Waals surface area (Å²) < 4.78 is 0. The molecule has 0 aliphatic rings. The van der Waals surface area contributed by atoms with Crippen molar-refractivity contribution in [1.82, 2.24) is 0 Å². The molecule has 0 atom stereocenters. The summed E-state index contributed by atoms with van der Waals surface area (Å²) in [5, 5.41) is 0. The predicted octanol–water partition coefficient (Wildman–Crippen LogP) is 1.75. The number of hydrogen-bond acceptors (Lipinski definition) is 1. The number of rotatable bonds is 3. The van der Waals surface area contributed by atoms with Gasteiger partial charge in [-0.15, -0.1) is 0 Å². The molecule has 0 fully saturated rings. The second-order valence-electron chi connectivity index (χ2n) is 1.53. The van der Waals surface area contributed by atoms with Crippen LogP contribution in [0.5, 0.6) is 0 Å². The third-order valence-corrected chi connectivity index (χ3v) is 0.757. The quantitative estimate of drug-likeness (QED) is 0.629. The predicted molar refractivity (Wildman–Crippen MR) is 28.9 cm³/mol. The summed E-state index contributed by atoms with van der Waals surface area (Å²) in [6.07, 6.45) is 2.30. The third kappa shape index (κ3) is 9.51. The third-order valence-electron chi connectivity index (χ3n) is 0.757. The molecular weight excluding hydrogens is 183 g/mol. The Balaban J connectivity index is 0. The Hall–Kier alpha value is 0.210. The molecule has 0 aromatic heterocycles. The Morgan fingerprint density at radius 3 is 2.25 bits per heavy atom. The fraction of sp³-hybridized carbons (Fsp3) is 0.800. The molecule has 3 heteroatoms. The molecule has 0 aromatic rings. The first kappa shape index (κ1) is 11.1. The molecule has 8 heavy (non-hydrogen) atoms. The maximum Gasteiger partial charge on any atom is 0.0487 e. The van der Waals surface area contributed by atoms with Crippen molar-refractivity contribution in [3.63, 3.8) is 0 Å². The molecule has 0 heterocycles. The molecule has 0 aliphatic heterocycles. The number of carbonyl (C=O) groups is 1. The van der Waals surface area contributed by atoms with Crippen LogP contribution in [0.2, 0.25) is 0 Å². The number of hydrogen-bond donors (Lipinski definition) is 0. The van der Waals surface area contributed by atoms with Gasteiger partial charge in [-0.25, -0.2) is 0 Å². The Labute approximate surface area is 65.3 Å². The summed E-state index contributed by atoms with van der Waals surface area (Å²) >= 11 is 0. The molecule has 0 rings (SSSR count). The molecule has 0 aromatic carbocycles. The van der Waals surface area contributed by atoms with E-state index in [9.17, 15) is 4.79 Å². The topological polar surface area (TPSA) is 40.9 Å². The number of amides is 1. The minimum atomic E-state index is -0.443. The summed E-state index contributed by atoms with van der Waals surface area (Å²) in [7, 11) is 0. The van der Waals surface area contributed by atoms with Crippen LogP contribution >= 0.6 is 0 Å². The SMILES string of the molecule is CCCCC([NH-])=O.[Nb]. The second kappa shape index (κ2) is 7.21. The molecule has 47 valence electrons. The second-order valence-corrected chi connectivity index (χ2v) is 1.53. The van der Waals surface area contributed by atoms with Gasteiger partial charge in [-0.3, -0.25) is 0 Å². The zero-order chi connectivity index (χ0) is 5.70. The number of unbranched alkanes of at least 4 members (excludes halogenated alkanes) is 1. The van der Waals surface area contributed by atoms with E-state index in [1.807, 2.05) is 6.92 Å². The van der Waals surface area contributed by atoms with Crippen LogP contribution < -0.4 is 0 Å². The van der Waals surface area contributed by atoms with E-state index < -0.39 is 5.91 Å². The van der Waals surface area contributed by atoms with Gasteiger partial charge in [-0.2, -0.15) is 0 Å². The van der Waals surface area contributed by atoms with E-state index in [1.165, 1.54) is 0 Å². The average molecular weight is 193 g/mol. The van der Waals surface area contributed by atoms with Crippen LogP contribution in [0.3, 0.4) is 0 Å². The van der Waals surface area contributed by atoms with Crippen LogP contribution in [-0.2, 0) is 27.2 Å². The number of carbonyl (C=O) groups excluding carboxylic acids is 1. The van der Waals surface area contributed by atoms with Crippen molar-refractivity contribution in [2.24, 2.45) is 0 Å². The molecule has 0 bridgehead atoms. The van der Waals surface area contributed by atoms with Crippen LogP contribution in [-0.4, -0.2) is 5.91 Å². The van der Waals surface area contributed by atoms with Crippen LogP contribution in [0.4, 0.5) is 0 Å². The Morgan fingerprint density at radius 1 is 1.62 bits per heavy atom. The van der Waals surface area contributed by atoms with Gasteiger partial charge < -0.3 is 10.5 Å². The standard InChI is InChI=1S/C5H11NO.Nb/c1-2-3-4-5(6)7;/h2-4H2,1H3,(H2,6,7);/p-1. The molecule has 0 saturated heterocycles. The van der Waals surface area contributed by atoms with Crippen molar-refractivity contribution in [2.75, 3.05) is 0 Å². The van der Waals surface area contributed by atoms with Crippen molar-refractivity contribution < 1.29 is 27.2 Å². The molecule has 0 unspecified atom stereocenters. The average Bonchev–Trinajstić information content (AvgIpc) is 1.61. The molecule has 2 nitrogen and oxygen atoms in total. The van der Waals surface area contributed by atoms with Gasteiger partial charge in [-0.1, -0.05) is 13.3 Å². The monoisotopic (exact) mass is 193 g/mol. The molecule has 0 spiro atoms. The van der Waals surface area contributed by atoms with E-state index in [1.54, 1.807) is 0 Å². The minimum Gasteiger partial charge on any atom is -0.668 e.